The third-order valence-electron chi connectivity index (χ3n) is 4.86. The van der Waals surface area contributed by atoms with Crippen LogP contribution in [0.2, 0.25) is 0 Å². The first-order chi connectivity index (χ1) is 15.0. The van der Waals surface area contributed by atoms with E-state index in [1.54, 1.807) is 23.5 Å². The van der Waals surface area contributed by atoms with Crippen LogP contribution in [0.1, 0.15) is 26.4 Å². The van der Waals surface area contributed by atoms with Crippen LogP contribution in [0, 0.1) is 20.8 Å². The Balaban J connectivity index is 1.58. The van der Waals surface area contributed by atoms with E-state index in [0.717, 1.165) is 32.6 Å². The number of carbonyl (C=O) groups excluding carboxylic acids is 1. The highest BCUT2D eigenvalue weighted by molar-refractivity contribution is 7.15. The Morgan fingerprint density at radius 2 is 1.94 bits per heavy atom. The maximum atomic E-state index is 13.2. The predicted molar refractivity (Wildman–Crippen MR) is 119 cm³/mol. The quantitative estimate of drug-likeness (QED) is 0.388. The molecule has 0 aliphatic rings. The number of aromatic nitrogens is 3. The first kappa shape index (κ1) is 19.2. The molecule has 4 aromatic heterocycles. The summed E-state index contributed by atoms with van der Waals surface area (Å²) in [7, 11) is 0. The number of benzene rings is 1. The maximum absolute atomic E-state index is 13.2. The molecule has 0 spiro atoms. The smallest absolute Gasteiger partial charge is 0.322 e. The number of rotatable bonds is 4. The average molecular weight is 430 g/mol. The molecule has 0 saturated heterocycles. The standard InChI is InChI=1S/C23H18N4O3S/c1-12-9-13(2)20-15(10-12)16(11-17(24-20)19-7-6-14(3)31-19)21(28)25-23-27-26-22(30-23)18-5-4-8-29-18/h4-11H,1-3H3,(H,25,27,28). The summed E-state index contributed by atoms with van der Waals surface area (Å²) >= 11 is 1.64. The number of thiophene rings is 1. The minimum atomic E-state index is -0.346. The van der Waals surface area contributed by atoms with Crippen LogP contribution in [-0.4, -0.2) is 21.1 Å². The predicted octanol–water partition coefficient (Wildman–Crippen LogP) is 5.78. The van der Waals surface area contributed by atoms with Crippen molar-refractivity contribution in [3.63, 3.8) is 0 Å². The summed E-state index contributed by atoms with van der Waals surface area (Å²) in [4.78, 5) is 20.3. The number of hydrogen-bond acceptors (Lipinski definition) is 7. The minimum Gasteiger partial charge on any atom is -0.459 e. The van der Waals surface area contributed by atoms with Gasteiger partial charge in [0, 0.05) is 10.3 Å². The molecule has 0 fully saturated rings. The van der Waals surface area contributed by atoms with E-state index in [0.29, 0.717) is 11.3 Å². The van der Waals surface area contributed by atoms with E-state index in [-0.39, 0.29) is 17.8 Å². The Hall–Kier alpha value is -3.78. The van der Waals surface area contributed by atoms with Crippen molar-refractivity contribution in [2.75, 3.05) is 5.32 Å². The van der Waals surface area contributed by atoms with Gasteiger partial charge >= 0.3 is 6.01 Å². The van der Waals surface area contributed by atoms with Gasteiger partial charge in [-0.15, -0.1) is 16.4 Å². The van der Waals surface area contributed by atoms with Crippen LogP contribution in [0.25, 0.3) is 33.1 Å². The third-order valence-corrected chi connectivity index (χ3v) is 5.89. The number of nitrogens with zero attached hydrogens (tertiary/aromatic N) is 3. The molecule has 31 heavy (non-hydrogen) atoms. The molecular weight excluding hydrogens is 412 g/mol. The van der Waals surface area contributed by atoms with E-state index in [9.17, 15) is 4.79 Å². The molecule has 8 heteroatoms. The average Bonchev–Trinajstić information content (AvgIpc) is 3.49. The molecule has 154 valence electrons. The highest BCUT2D eigenvalue weighted by atomic mass is 32.1. The van der Waals surface area contributed by atoms with Crippen LogP contribution in [-0.2, 0) is 0 Å². The summed E-state index contributed by atoms with van der Waals surface area (Å²) in [5.74, 6) is 0.284. The highest BCUT2D eigenvalue weighted by Crippen LogP contribution is 2.32. The number of fused-ring (bicyclic) bond motifs is 1. The van der Waals surface area contributed by atoms with Gasteiger partial charge in [0.15, 0.2) is 5.76 Å². The summed E-state index contributed by atoms with van der Waals surface area (Å²) in [5, 5.41) is 11.3. The molecular formula is C23H18N4O3S. The van der Waals surface area contributed by atoms with E-state index in [1.165, 1.54) is 11.1 Å². The molecule has 0 unspecified atom stereocenters. The first-order valence-corrected chi connectivity index (χ1v) is 10.5. The number of anilines is 1. The van der Waals surface area contributed by atoms with Gasteiger partial charge in [-0.1, -0.05) is 16.7 Å². The first-order valence-electron chi connectivity index (χ1n) is 9.65. The monoisotopic (exact) mass is 430 g/mol. The molecule has 5 aromatic rings. The zero-order valence-corrected chi connectivity index (χ0v) is 17.9. The summed E-state index contributed by atoms with van der Waals surface area (Å²) in [5.41, 5.74) is 4.11. The molecule has 0 saturated carbocycles. The lowest BCUT2D eigenvalue weighted by Gasteiger charge is -2.11. The zero-order chi connectivity index (χ0) is 21.5. The second kappa shape index (κ2) is 7.48. The molecule has 7 nitrogen and oxygen atoms in total. The number of aryl methyl sites for hydroxylation is 3. The Bertz CT molecular complexity index is 1420. The lowest BCUT2D eigenvalue weighted by atomic mass is 10.0. The van der Waals surface area contributed by atoms with E-state index >= 15 is 0 Å². The second-order valence-electron chi connectivity index (χ2n) is 7.29. The SMILES string of the molecule is Cc1cc(C)c2nc(-c3ccc(C)s3)cc(C(=O)Nc3nnc(-c4ccco4)o3)c2c1. The van der Waals surface area contributed by atoms with Gasteiger partial charge in [-0.05, 0) is 62.7 Å². The summed E-state index contributed by atoms with van der Waals surface area (Å²) < 4.78 is 10.8. The van der Waals surface area contributed by atoms with Gasteiger partial charge in [-0.2, -0.15) is 0 Å². The Kier molecular flexibility index (Phi) is 4.63. The fourth-order valence-corrected chi connectivity index (χ4v) is 4.33. The number of hydrogen-bond donors (Lipinski definition) is 1. The molecule has 1 amide bonds. The summed E-state index contributed by atoms with van der Waals surface area (Å²) in [6.45, 7) is 6.04. The van der Waals surface area contributed by atoms with Gasteiger partial charge in [0.25, 0.3) is 11.8 Å². The van der Waals surface area contributed by atoms with E-state index in [2.05, 4.69) is 21.6 Å². The largest absolute Gasteiger partial charge is 0.459 e. The number of carbonyl (C=O) groups is 1. The van der Waals surface area contributed by atoms with E-state index in [1.807, 2.05) is 45.0 Å². The van der Waals surface area contributed by atoms with Crippen molar-refractivity contribution < 1.29 is 13.6 Å². The number of nitrogens with one attached hydrogen (secondary N) is 1. The Labute approximate surface area is 181 Å². The zero-order valence-electron chi connectivity index (χ0n) is 17.1. The van der Waals surface area contributed by atoms with Crippen LogP contribution in [0.4, 0.5) is 6.01 Å². The minimum absolute atomic E-state index is 0.000690. The molecule has 5 rings (SSSR count). The van der Waals surface area contributed by atoms with Crippen molar-refractivity contribution in [1.29, 1.82) is 0 Å². The van der Waals surface area contributed by atoms with Gasteiger partial charge in [-0.3, -0.25) is 10.1 Å². The lowest BCUT2D eigenvalue weighted by Crippen LogP contribution is -2.13. The molecule has 0 radical (unpaired) electrons. The normalized spacial score (nSPS) is 11.2. The second-order valence-corrected chi connectivity index (χ2v) is 8.58. The number of pyridine rings is 1. The maximum Gasteiger partial charge on any atom is 0.322 e. The molecule has 1 aromatic carbocycles. The third kappa shape index (κ3) is 3.62. The van der Waals surface area contributed by atoms with Gasteiger partial charge in [0.2, 0.25) is 0 Å². The fraction of sp³-hybridized carbons (Fsp3) is 0.130. The molecule has 0 atom stereocenters. The summed E-state index contributed by atoms with van der Waals surface area (Å²) in [6.07, 6.45) is 1.51. The van der Waals surface area contributed by atoms with Crippen molar-refractivity contribution in [2.24, 2.45) is 0 Å². The van der Waals surface area contributed by atoms with Crippen LogP contribution in [0.5, 0.6) is 0 Å². The fourth-order valence-electron chi connectivity index (χ4n) is 3.51. The molecule has 0 bridgehead atoms. The van der Waals surface area contributed by atoms with Crippen molar-refractivity contribution in [3.8, 4) is 22.2 Å². The lowest BCUT2D eigenvalue weighted by molar-refractivity contribution is 0.102. The van der Waals surface area contributed by atoms with Crippen molar-refractivity contribution in [3.05, 3.63) is 70.3 Å². The molecule has 0 aliphatic heterocycles. The Morgan fingerprint density at radius 3 is 2.68 bits per heavy atom. The molecule has 1 N–H and O–H groups in total. The van der Waals surface area contributed by atoms with Crippen LogP contribution in [0.3, 0.4) is 0 Å². The van der Waals surface area contributed by atoms with Crippen LogP contribution in [0.15, 0.2) is 57.6 Å². The van der Waals surface area contributed by atoms with E-state index in [4.69, 9.17) is 13.8 Å². The number of amides is 1. The van der Waals surface area contributed by atoms with Gasteiger partial charge < -0.3 is 8.83 Å². The van der Waals surface area contributed by atoms with Gasteiger partial charge in [-0.25, -0.2) is 4.98 Å². The van der Waals surface area contributed by atoms with Crippen LogP contribution >= 0.6 is 11.3 Å². The van der Waals surface area contributed by atoms with Crippen molar-refractivity contribution in [2.45, 2.75) is 20.8 Å². The molecule has 0 aliphatic carbocycles. The molecule has 4 heterocycles. The topological polar surface area (TPSA) is 94.1 Å². The van der Waals surface area contributed by atoms with Gasteiger partial charge in [0.1, 0.15) is 0 Å². The van der Waals surface area contributed by atoms with Crippen molar-refractivity contribution in [1.82, 2.24) is 15.2 Å². The van der Waals surface area contributed by atoms with E-state index < -0.39 is 0 Å². The Morgan fingerprint density at radius 1 is 1.06 bits per heavy atom. The highest BCUT2D eigenvalue weighted by Gasteiger charge is 2.19. The van der Waals surface area contributed by atoms with Crippen LogP contribution < -0.4 is 5.32 Å². The number of furan rings is 1. The van der Waals surface area contributed by atoms with Crippen molar-refractivity contribution >= 4 is 34.2 Å². The summed E-state index contributed by atoms with van der Waals surface area (Å²) in [6, 6.07) is 13.3. The van der Waals surface area contributed by atoms with Gasteiger partial charge in [0.05, 0.1) is 27.9 Å².